The van der Waals surface area contributed by atoms with Gasteiger partial charge < -0.3 is 10.1 Å². The molecule has 22 heavy (non-hydrogen) atoms. The van der Waals surface area contributed by atoms with Gasteiger partial charge in [-0.15, -0.1) is 11.3 Å². The Labute approximate surface area is 135 Å². The highest BCUT2D eigenvalue weighted by molar-refractivity contribution is 7.17. The average molecular weight is 340 g/mol. The second kappa shape index (κ2) is 6.20. The summed E-state index contributed by atoms with van der Waals surface area (Å²) in [4.78, 5) is 24.7. The van der Waals surface area contributed by atoms with Crippen molar-refractivity contribution in [3.8, 4) is 0 Å². The third-order valence-corrected chi connectivity index (χ3v) is 4.67. The highest BCUT2D eigenvalue weighted by atomic mass is 35.5. The Balaban J connectivity index is 1.80. The molecule has 2 aromatic heterocycles. The molecule has 1 N–H and O–H groups in total. The van der Waals surface area contributed by atoms with Crippen molar-refractivity contribution in [1.29, 1.82) is 0 Å². The Kier molecular flexibility index (Phi) is 4.28. The van der Waals surface area contributed by atoms with Crippen molar-refractivity contribution in [1.82, 2.24) is 15.1 Å². The zero-order valence-electron chi connectivity index (χ0n) is 11.8. The summed E-state index contributed by atoms with van der Waals surface area (Å²) in [6, 6.07) is 5.86. The molecule has 0 spiro atoms. The number of carbonyl (C=O) groups is 1. The minimum Gasteiger partial charge on any atom is -0.377 e. The first-order chi connectivity index (χ1) is 10.5. The number of halogens is 1. The third kappa shape index (κ3) is 3.06. The quantitative estimate of drug-likeness (QED) is 0.922. The predicted molar refractivity (Wildman–Crippen MR) is 83.7 cm³/mol. The molecule has 0 bridgehead atoms. The molecule has 2 atom stereocenters. The van der Waals surface area contributed by atoms with Crippen LogP contribution in [0.4, 0.5) is 0 Å². The van der Waals surface area contributed by atoms with Crippen LogP contribution in [0.3, 0.4) is 0 Å². The molecule has 8 heteroatoms. The Morgan fingerprint density at radius 1 is 1.41 bits per heavy atom. The summed E-state index contributed by atoms with van der Waals surface area (Å²) in [5.74, 6) is -0.224. The van der Waals surface area contributed by atoms with Gasteiger partial charge in [0.2, 0.25) is 0 Å². The fourth-order valence-corrected chi connectivity index (χ4v) is 3.30. The van der Waals surface area contributed by atoms with E-state index in [0.717, 1.165) is 5.69 Å². The Hall–Kier alpha value is -1.70. The van der Waals surface area contributed by atoms with Gasteiger partial charge >= 0.3 is 0 Å². The van der Waals surface area contributed by atoms with Gasteiger partial charge in [0.25, 0.3) is 11.5 Å². The summed E-state index contributed by atoms with van der Waals surface area (Å²) in [6.07, 6.45) is 0. The number of carbonyl (C=O) groups excluding carboxylic acids is 1. The average Bonchev–Trinajstić information content (AvgIpc) is 3.10. The Morgan fingerprint density at radius 3 is 2.95 bits per heavy atom. The number of nitrogens with zero attached hydrogens (tertiary/aromatic N) is 2. The number of ether oxygens (including phenoxy) is 1. The number of aromatic nitrogens is 2. The van der Waals surface area contributed by atoms with Gasteiger partial charge in [-0.3, -0.25) is 9.59 Å². The molecule has 1 saturated heterocycles. The van der Waals surface area contributed by atoms with E-state index in [1.807, 2.05) is 6.92 Å². The van der Waals surface area contributed by atoms with E-state index in [0.29, 0.717) is 22.4 Å². The van der Waals surface area contributed by atoms with Gasteiger partial charge in [0.15, 0.2) is 0 Å². The van der Waals surface area contributed by atoms with E-state index in [2.05, 4.69) is 10.4 Å². The van der Waals surface area contributed by atoms with Crippen LogP contribution in [0.5, 0.6) is 0 Å². The van der Waals surface area contributed by atoms with Crippen molar-refractivity contribution in [2.24, 2.45) is 0 Å². The summed E-state index contributed by atoms with van der Waals surface area (Å²) < 4.78 is 7.36. The lowest BCUT2D eigenvalue weighted by Gasteiger charge is -2.20. The van der Waals surface area contributed by atoms with Crippen LogP contribution in [0.2, 0.25) is 4.34 Å². The molecule has 3 rings (SSSR count). The molecule has 2 aromatic rings. The van der Waals surface area contributed by atoms with Crippen LogP contribution >= 0.6 is 22.9 Å². The fraction of sp³-hybridized carbons (Fsp3) is 0.357. The van der Waals surface area contributed by atoms with Crippen LogP contribution in [0.25, 0.3) is 0 Å². The Bertz CT molecular complexity index is 758. The first-order valence-electron chi connectivity index (χ1n) is 6.75. The van der Waals surface area contributed by atoms with Gasteiger partial charge in [0, 0.05) is 6.07 Å². The molecule has 1 aliphatic rings. The lowest BCUT2D eigenvalue weighted by atomic mass is 10.1. The summed E-state index contributed by atoms with van der Waals surface area (Å²) >= 11 is 7.05. The largest absolute Gasteiger partial charge is 0.377 e. The van der Waals surface area contributed by atoms with Gasteiger partial charge in [0.1, 0.15) is 6.04 Å². The van der Waals surface area contributed by atoms with E-state index in [9.17, 15) is 9.59 Å². The molecule has 1 amide bonds. The maximum absolute atomic E-state index is 12.2. The molecule has 1 aliphatic heterocycles. The topological polar surface area (TPSA) is 73.2 Å². The van der Waals surface area contributed by atoms with E-state index < -0.39 is 0 Å². The predicted octanol–water partition coefficient (Wildman–Crippen LogP) is 1.64. The second-order valence-corrected chi connectivity index (χ2v) is 6.76. The summed E-state index contributed by atoms with van der Waals surface area (Å²) in [7, 11) is 0. The van der Waals surface area contributed by atoms with Crippen LogP contribution < -0.4 is 10.9 Å². The minimum atomic E-state index is -0.313. The number of aryl methyl sites for hydroxylation is 1. The van der Waals surface area contributed by atoms with Crippen molar-refractivity contribution in [3.05, 3.63) is 49.5 Å². The number of hydrogen-bond donors (Lipinski definition) is 1. The third-order valence-electron chi connectivity index (χ3n) is 3.44. The van der Waals surface area contributed by atoms with Gasteiger partial charge in [-0.1, -0.05) is 11.6 Å². The van der Waals surface area contributed by atoms with Gasteiger partial charge in [-0.2, -0.15) is 5.10 Å². The fourth-order valence-electron chi connectivity index (χ4n) is 2.36. The smallest absolute Gasteiger partial charge is 0.267 e. The lowest BCUT2D eigenvalue weighted by molar-refractivity contribution is 0.0929. The molecule has 0 radical (unpaired) electrons. The van der Waals surface area contributed by atoms with Crippen molar-refractivity contribution in [2.45, 2.75) is 19.0 Å². The van der Waals surface area contributed by atoms with Gasteiger partial charge in [-0.25, -0.2) is 4.68 Å². The van der Waals surface area contributed by atoms with Crippen LogP contribution in [0, 0.1) is 6.92 Å². The van der Waals surface area contributed by atoms with Crippen molar-refractivity contribution in [2.75, 3.05) is 13.2 Å². The number of rotatable bonds is 3. The van der Waals surface area contributed by atoms with Crippen LogP contribution in [-0.2, 0) is 4.74 Å². The molecule has 1 fully saturated rings. The lowest BCUT2D eigenvalue weighted by Crippen LogP contribution is -2.43. The van der Waals surface area contributed by atoms with E-state index in [-0.39, 0.29) is 23.6 Å². The molecular weight excluding hydrogens is 326 g/mol. The molecule has 0 saturated carbocycles. The molecule has 2 unspecified atom stereocenters. The van der Waals surface area contributed by atoms with Crippen LogP contribution in [0.15, 0.2) is 29.1 Å². The number of amides is 1. The molecular formula is C14H14ClN3O3S. The van der Waals surface area contributed by atoms with Crippen molar-refractivity contribution < 1.29 is 9.53 Å². The zero-order chi connectivity index (χ0) is 15.7. The van der Waals surface area contributed by atoms with Crippen LogP contribution in [0.1, 0.15) is 21.4 Å². The van der Waals surface area contributed by atoms with Crippen LogP contribution in [-0.4, -0.2) is 34.9 Å². The van der Waals surface area contributed by atoms with E-state index in [1.165, 1.54) is 22.1 Å². The maximum atomic E-state index is 12.2. The summed E-state index contributed by atoms with van der Waals surface area (Å²) in [6.45, 7) is 2.50. The number of hydrogen-bond acceptors (Lipinski definition) is 5. The highest BCUT2D eigenvalue weighted by Gasteiger charge is 2.33. The van der Waals surface area contributed by atoms with Gasteiger partial charge in [-0.05, 0) is 25.1 Å². The SMILES string of the molecule is Cc1ccc(=O)n(C2COCC2NC(=O)c2ccc(Cl)s2)n1. The summed E-state index contributed by atoms with van der Waals surface area (Å²) in [5, 5.41) is 7.14. The molecule has 116 valence electrons. The maximum Gasteiger partial charge on any atom is 0.267 e. The van der Waals surface area contributed by atoms with E-state index >= 15 is 0 Å². The first kappa shape index (κ1) is 15.2. The highest BCUT2D eigenvalue weighted by Crippen LogP contribution is 2.23. The zero-order valence-corrected chi connectivity index (χ0v) is 13.4. The monoisotopic (exact) mass is 339 g/mol. The summed E-state index contributed by atoms with van der Waals surface area (Å²) in [5.41, 5.74) is 0.529. The second-order valence-electron chi connectivity index (χ2n) is 5.05. The minimum absolute atomic E-state index is 0.209. The molecule has 3 heterocycles. The number of thiophene rings is 1. The van der Waals surface area contributed by atoms with Crippen molar-refractivity contribution >= 4 is 28.8 Å². The molecule has 0 aromatic carbocycles. The van der Waals surface area contributed by atoms with Gasteiger partial charge in [0.05, 0.1) is 34.2 Å². The molecule has 6 nitrogen and oxygen atoms in total. The van der Waals surface area contributed by atoms with Crippen molar-refractivity contribution in [3.63, 3.8) is 0 Å². The van der Waals surface area contributed by atoms with E-state index in [4.69, 9.17) is 16.3 Å². The normalized spacial score (nSPS) is 21.0. The first-order valence-corrected chi connectivity index (χ1v) is 7.94. The number of nitrogens with one attached hydrogen (secondary N) is 1. The molecule has 0 aliphatic carbocycles. The Morgan fingerprint density at radius 2 is 2.23 bits per heavy atom. The van der Waals surface area contributed by atoms with E-state index in [1.54, 1.807) is 18.2 Å². The standard InChI is InChI=1S/C14H14ClN3O3S/c1-8-2-5-13(19)18(17-8)10-7-21-6-9(10)16-14(20)11-3-4-12(15)22-11/h2-5,9-10H,6-7H2,1H3,(H,16,20).